The first-order valence-corrected chi connectivity index (χ1v) is 7.78. The van der Waals surface area contributed by atoms with E-state index < -0.39 is 0 Å². The number of rotatable bonds is 4. The smallest absolute Gasteiger partial charge is 0.261 e. The van der Waals surface area contributed by atoms with E-state index in [1.807, 2.05) is 0 Å². The van der Waals surface area contributed by atoms with E-state index in [2.05, 4.69) is 5.32 Å². The van der Waals surface area contributed by atoms with E-state index in [9.17, 15) is 14.4 Å². The van der Waals surface area contributed by atoms with E-state index >= 15 is 0 Å². The van der Waals surface area contributed by atoms with Crippen LogP contribution in [-0.4, -0.2) is 36.0 Å². The van der Waals surface area contributed by atoms with Gasteiger partial charge in [0.2, 0.25) is 12.7 Å². The van der Waals surface area contributed by atoms with E-state index in [4.69, 9.17) is 9.47 Å². The van der Waals surface area contributed by atoms with Crippen LogP contribution in [-0.2, 0) is 4.79 Å². The molecule has 2 aromatic rings. The highest BCUT2D eigenvalue weighted by Gasteiger charge is 2.34. The van der Waals surface area contributed by atoms with Crippen LogP contribution in [0.2, 0.25) is 0 Å². The van der Waals surface area contributed by atoms with Gasteiger partial charge < -0.3 is 14.8 Å². The summed E-state index contributed by atoms with van der Waals surface area (Å²) in [6.45, 7) is 0.190. The van der Waals surface area contributed by atoms with Gasteiger partial charge in [0, 0.05) is 24.7 Å². The zero-order valence-electron chi connectivity index (χ0n) is 13.2. The first-order chi connectivity index (χ1) is 12.1. The van der Waals surface area contributed by atoms with Gasteiger partial charge in [0.05, 0.1) is 11.1 Å². The van der Waals surface area contributed by atoms with Crippen molar-refractivity contribution in [2.75, 3.05) is 18.7 Å². The predicted molar refractivity (Wildman–Crippen MR) is 87.6 cm³/mol. The second-order valence-corrected chi connectivity index (χ2v) is 5.67. The largest absolute Gasteiger partial charge is 0.454 e. The van der Waals surface area contributed by atoms with E-state index in [-0.39, 0.29) is 37.5 Å². The van der Waals surface area contributed by atoms with Gasteiger partial charge in [-0.3, -0.25) is 19.3 Å². The maximum Gasteiger partial charge on any atom is 0.261 e. The zero-order chi connectivity index (χ0) is 17.4. The second kappa shape index (κ2) is 5.94. The number of anilines is 1. The Balaban J connectivity index is 1.38. The van der Waals surface area contributed by atoms with Crippen molar-refractivity contribution in [3.05, 3.63) is 53.6 Å². The Labute approximate surface area is 143 Å². The number of imide groups is 1. The molecule has 0 saturated heterocycles. The number of nitrogens with zero attached hydrogens (tertiary/aromatic N) is 1. The van der Waals surface area contributed by atoms with Gasteiger partial charge in [-0.05, 0) is 24.3 Å². The summed E-state index contributed by atoms with van der Waals surface area (Å²) in [6, 6.07) is 11.7. The molecule has 0 atom stereocenters. The molecule has 2 heterocycles. The lowest BCUT2D eigenvalue weighted by molar-refractivity contribution is -0.116. The van der Waals surface area contributed by atoms with Gasteiger partial charge in [-0.15, -0.1) is 0 Å². The molecule has 0 spiro atoms. The summed E-state index contributed by atoms with van der Waals surface area (Å²) in [5.41, 5.74) is 1.32. The monoisotopic (exact) mass is 338 g/mol. The SMILES string of the molecule is O=C(CCN1C(=O)c2ccccc2C1=O)Nc1ccc2c(c1)OCO2. The molecule has 7 heteroatoms. The van der Waals surface area contributed by atoms with Gasteiger partial charge in [0.15, 0.2) is 11.5 Å². The molecule has 25 heavy (non-hydrogen) atoms. The number of ether oxygens (including phenoxy) is 2. The number of nitrogens with one attached hydrogen (secondary N) is 1. The fourth-order valence-electron chi connectivity index (χ4n) is 2.85. The Hall–Kier alpha value is -3.35. The first-order valence-electron chi connectivity index (χ1n) is 7.78. The fourth-order valence-corrected chi connectivity index (χ4v) is 2.85. The van der Waals surface area contributed by atoms with Crippen LogP contribution in [0, 0.1) is 0 Å². The third-order valence-corrected chi connectivity index (χ3v) is 4.10. The summed E-state index contributed by atoms with van der Waals surface area (Å²) in [5.74, 6) is 0.172. The standard InChI is InChI=1S/C18H14N2O5/c21-16(19-11-5-6-14-15(9-11)25-10-24-14)7-8-20-17(22)12-3-1-2-4-13(12)18(20)23/h1-6,9H,7-8,10H2,(H,19,21). The minimum Gasteiger partial charge on any atom is -0.454 e. The molecule has 0 unspecified atom stereocenters. The molecule has 0 aliphatic carbocycles. The van der Waals surface area contributed by atoms with Crippen molar-refractivity contribution in [3.63, 3.8) is 0 Å². The zero-order valence-corrected chi connectivity index (χ0v) is 13.2. The molecule has 126 valence electrons. The summed E-state index contributed by atoms with van der Waals surface area (Å²) in [4.78, 5) is 37.7. The lowest BCUT2D eigenvalue weighted by Crippen LogP contribution is -2.32. The Kier molecular flexibility index (Phi) is 3.61. The summed E-state index contributed by atoms with van der Waals surface area (Å²) >= 11 is 0. The Morgan fingerprint density at radius 3 is 2.40 bits per heavy atom. The van der Waals surface area contributed by atoms with Gasteiger partial charge in [-0.2, -0.15) is 0 Å². The number of carbonyl (C=O) groups excluding carboxylic acids is 3. The highest BCUT2D eigenvalue weighted by molar-refractivity contribution is 6.21. The van der Waals surface area contributed by atoms with Gasteiger partial charge in [-0.25, -0.2) is 0 Å². The minimum absolute atomic E-state index is 0.0138. The quantitative estimate of drug-likeness (QED) is 0.863. The van der Waals surface area contributed by atoms with E-state index in [0.717, 1.165) is 4.90 Å². The van der Waals surface area contributed by atoms with Crippen molar-refractivity contribution in [3.8, 4) is 11.5 Å². The third-order valence-electron chi connectivity index (χ3n) is 4.10. The Morgan fingerprint density at radius 2 is 1.68 bits per heavy atom. The molecule has 2 aromatic carbocycles. The molecule has 3 amide bonds. The molecule has 0 bridgehead atoms. The summed E-state index contributed by atoms with van der Waals surface area (Å²) in [5, 5.41) is 2.72. The average molecular weight is 338 g/mol. The minimum atomic E-state index is -0.364. The highest BCUT2D eigenvalue weighted by atomic mass is 16.7. The number of fused-ring (bicyclic) bond motifs is 2. The Morgan fingerprint density at radius 1 is 1.00 bits per heavy atom. The van der Waals surface area contributed by atoms with Crippen LogP contribution in [0.1, 0.15) is 27.1 Å². The molecule has 0 saturated carbocycles. The van der Waals surface area contributed by atoms with E-state index in [1.54, 1.807) is 42.5 Å². The summed E-state index contributed by atoms with van der Waals surface area (Å²) in [6.07, 6.45) is 0.0138. The van der Waals surface area contributed by atoms with Crippen LogP contribution in [0.5, 0.6) is 11.5 Å². The normalized spacial score (nSPS) is 14.6. The van der Waals surface area contributed by atoms with Crippen LogP contribution in [0.15, 0.2) is 42.5 Å². The molecule has 2 aliphatic rings. The van der Waals surface area contributed by atoms with Crippen molar-refractivity contribution in [2.24, 2.45) is 0 Å². The van der Waals surface area contributed by atoms with Crippen molar-refractivity contribution in [2.45, 2.75) is 6.42 Å². The lowest BCUT2D eigenvalue weighted by atomic mass is 10.1. The molecule has 4 rings (SSSR count). The molecular weight excluding hydrogens is 324 g/mol. The molecule has 7 nitrogen and oxygen atoms in total. The van der Waals surface area contributed by atoms with Crippen LogP contribution in [0.25, 0.3) is 0 Å². The van der Waals surface area contributed by atoms with Gasteiger partial charge in [0.25, 0.3) is 11.8 Å². The summed E-state index contributed by atoms with van der Waals surface area (Å²) in [7, 11) is 0. The van der Waals surface area contributed by atoms with E-state index in [0.29, 0.717) is 28.3 Å². The second-order valence-electron chi connectivity index (χ2n) is 5.67. The highest BCUT2D eigenvalue weighted by Crippen LogP contribution is 2.34. The molecule has 0 aromatic heterocycles. The fraction of sp³-hybridized carbons (Fsp3) is 0.167. The Bertz CT molecular complexity index is 858. The van der Waals surface area contributed by atoms with Crippen LogP contribution in [0.4, 0.5) is 5.69 Å². The number of hydrogen-bond donors (Lipinski definition) is 1. The van der Waals surface area contributed by atoms with Gasteiger partial charge >= 0.3 is 0 Å². The van der Waals surface area contributed by atoms with Crippen LogP contribution < -0.4 is 14.8 Å². The number of carbonyl (C=O) groups is 3. The maximum absolute atomic E-state index is 12.2. The van der Waals surface area contributed by atoms with Crippen LogP contribution in [0.3, 0.4) is 0 Å². The summed E-state index contributed by atoms with van der Waals surface area (Å²) < 4.78 is 10.5. The van der Waals surface area contributed by atoms with Crippen molar-refractivity contribution < 1.29 is 23.9 Å². The number of hydrogen-bond acceptors (Lipinski definition) is 5. The van der Waals surface area contributed by atoms with E-state index in [1.165, 1.54) is 0 Å². The van der Waals surface area contributed by atoms with Gasteiger partial charge in [0.1, 0.15) is 0 Å². The third kappa shape index (κ3) is 2.69. The molecule has 1 N–H and O–H groups in total. The molecule has 0 radical (unpaired) electrons. The van der Waals surface area contributed by atoms with Crippen molar-refractivity contribution in [1.29, 1.82) is 0 Å². The first kappa shape index (κ1) is 15.2. The predicted octanol–water partition coefficient (Wildman–Crippen LogP) is 2.04. The molecular formula is C18H14N2O5. The van der Waals surface area contributed by atoms with Crippen molar-refractivity contribution >= 4 is 23.4 Å². The number of benzene rings is 2. The molecule has 0 fully saturated rings. The topological polar surface area (TPSA) is 84.9 Å². The van der Waals surface area contributed by atoms with Gasteiger partial charge in [-0.1, -0.05) is 12.1 Å². The number of amides is 3. The molecule has 2 aliphatic heterocycles. The maximum atomic E-state index is 12.2. The van der Waals surface area contributed by atoms with Crippen LogP contribution >= 0.6 is 0 Å². The average Bonchev–Trinajstić information content (AvgIpc) is 3.17. The van der Waals surface area contributed by atoms with Crippen molar-refractivity contribution in [1.82, 2.24) is 4.90 Å². The lowest BCUT2D eigenvalue weighted by Gasteiger charge is -2.13.